The smallest absolute Gasteiger partial charge is 0.338 e. The molecule has 18 heavy (non-hydrogen) atoms. The molecule has 0 unspecified atom stereocenters. The summed E-state index contributed by atoms with van der Waals surface area (Å²) in [7, 11) is -3.95. The second-order valence-electron chi connectivity index (χ2n) is 3.29. The minimum Gasteiger partial charge on any atom is -0.478 e. The molecule has 8 heteroatoms. The average Bonchev–Trinajstić information content (AvgIpc) is 2.26. The van der Waals surface area contributed by atoms with Gasteiger partial charge in [-0.05, 0) is 18.2 Å². The van der Waals surface area contributed by atoms with Gasteiger partial charge in [0.1, 0.15) is 5.82 Å². The first-order chi connectivity index (χ1) is 8.24. The lowest BCUT2D eigenvalue weighted by molar-refractivity contribution is 0.0691. The zero-order valence-corrected chi connectivity index (χ0v) is 10.6. The fourth-order valence-electron chi connectivity index (χ4n) is 1.09. The van der Waals surface area contributed by atoms with Crippen LogP contribution in [0.25, 0.3) is 0 Å². The molecule has 0 aromatic heterocycles. The van der Waals surface area contributed by atoms with E-state index in [2.05, 4.69) is 11.3 Å². The monoisotopic (exact) mass is 293 g/mol. The Hall–Kier alpha value is -1.44. The lowest BCUT2D eigenvalue weighted by atomic mass is 10.2. The third kappa shape index (κ3) is 3.52. The lowest BCUT2D eigenvalue weighted by Gasteiger charge is -2.07. The fourth-order valence-corrected chi connectivity index (χ4v) is 2.29. The van der Waals surface area contributed by atoms with Gasteiger partial charge in [-0.1, -0.05) is 18.2 Å². The number of sulfonamides is 1. The normalized spacial score (nSPS) is 11.2. The van der Waals surface area contributed by atoms with Crippen molar-refractivity contribution in [2.75, 3.05) is 6.54 Å². The van der Waals surface area contributed by atoms with E-state index in [1.807, 2.05) is 0 Å². The van der Waals surface area contributed by atoms with Crippen LogP contribution in [0.1, 0.15) is 10.4 Å². The third-order valence-corrected chi connectivity index (χ3v) is 3.47. The Morgan fingerprint density at radius 1 is 1.50 bits per heavy atom. The molecular formula is C10H9ClFNO4S. The number of hydrogen-bond acceptors (Lipinski definition) is 3. The largest absolute Gasteiger partial charge is 0.478 e. The summed E-state index contributed by atoms with van der Waals surface area (Å²) in [5.41, 5.74) is -0.720. The molecule has 1 aromatic rings. The van der Waals surface area contributed by atoms with Crippen LogP contribution >= 0.6 is 11.6 Å². The van der Waals surface area contributed by atoms with Crippen LogP contribution in [0, 0.1) is 5.82 Å². The molecule has 0 bridgehead atoms. The van der Waals surface area contributed by atoms with Crippen molar-refractivity contribution >= 4 is 27.6 Å². The molecular weight excluding hydrogens is 285 g/mol. The van der Waals surface area contributed by atoms with Gasteiger partial charge in [0.15, 0.2) is 0 Å². The molecule has 0 heterocycles. The highest BCUT2D eigenvalue weighted by Crippen LogP contribution is 2.15. The van der Waals surface area contributed by atoms with E-state index < -0.39 is 27.4 Å². The van der Waals surface area contributed by atoms with E-state index in [9.17, 15) is 17.6 Å². The van der Waals surface area contributed by atoms with Crippen LogP contribution < -0.4 is 4.72 Å². The maximum absolute atomic E-state index is 13.1. The minimum absolute atomic E-state index is 0.0687. The van der Waals surface area contributed by atoms with Crippen molar-refractivity contribution < 1.29 is 22.7 Å². The molecule has 5 nitrogen and oxygen atoms in total. The average molecular weight is 294 g/mol. The molecule has 0 aliphatic rings. The Bertz CT molecular complexity index is 600. The van der Waals surface area contributed by atoms with E-state index in [0.29, 0.717) is 0 Å². The highest BCUT2D eigenvalue weighted by Gasteiger charge is 2.18. The third-order valence-electron chi connectivity index (χ3n) is 1.93. The molecule has 1 aromatic carbocycles. The number of halogens is 2. The van der Waals surface area contributed by atoms with Crippen molar-refractivity contribution in [2.45, 2.75) is 4.90 Å². The highest BCUT2D eigenvalue weighted by atomic mass is 35.5. The Balaban J connectivity index is 3.14. The zero-order chi connectivity index (χ0) is 13.9. The number of hydrogen-bond donors (Lipinski definition) is 2. The molecule has 1 rings (SSSR count). The summed E-state index contributed by atoms with van der Waals surface area (Å²) < 4.78 is 38.6. The van der Waals surface area contributed by atoms with E-state index in [0.717, 1.165) is 18.2 Å². The Morgan fingerprint density at radius 3 is 2.61 bits per heavy atom. The maximum atomic E-state index is 13.1. The van der Waals surface area contributed by atoms with Gasteiger partial charge < -0.3 is 5.11 Å². The fraction of sp³-hybridized carbons (Fsp3) is 0.100. The number of benzene rings is 1. The van der Waals surface area contributed by atoms with Crippen molar-refractivity contribution in [3.05, 3.63) is 41.2 Å². The molecule has 0 radical (unpaired) electrons. The molecule has 2 N–H and O–H groups in total. The summed E-state index contributed by atoms with van der Waals surface area (Å²) in [6.07, 6.45) is 0. The SMILES string of the molecule is C=C(Cl)CNS(=O)(=O)c1ccc(F)c(C(=O)O)c1. The molecule has 0 atom stereocenters. The molecule has 0 spiro atoms. The number of carboxylic acid groups (broad SMARTS) is 1. The summed E-state index contributed by atoms with van der Waals surface area (Å²) >= 11 is 5.40. The first-order valence-corrected chi connectivity index (χ1v) is 6.46. The molecule has 0 aliphatic heterocycles. The number of carboxylic acids is 1. The van der Waals surface area contributed by atoms with Crippen molar-refractivity contribution in [2.24, 2.45) is 0 Å². The molecule has 0 aliphatic carbocycles. The van der Waals surface area contributed by atoms with E-state index in [1.165, 1.54) is 0 Å². The molecule has 98 valence electrons. The van der Waals surface area contributed by atoms with Crippen LogP contribution in [0.2, 0.25) is 0 Å². The number of carbonyl (C=O) groups is 1. The molecule has 0 saturated heterocycles. The Kier molecular flexibility index (Phi) is 4.44. The van der Waals surface area contributed by atoms with Crippen LogP contribution in [0.15, 0.2) is 34.7 Å². The van der Waals surface area contributed by atoms with Crippen LogP contribution in [0.4, 0.5) is 4.39 Å². The predicted octanol–water partition coefficient (Wildman–Crippen LogP) is 1.55. The second-order valence-corrected chi connectivity index (χ2v) is 5.59. The van der Waals surface area contributed by atoms with Gasteiger partial charge in [0.25, 0.3) is 0 Å². The van der Waals surface area contributed by atoms with Gasteiger partial charge in [0, 0.05) is 11.6 Å². The predicted molar refractivity (Wildman–Crippen MR) is 63.5 cm³/mol. The van der Waals surface area contributed by atoms with Gasteiger partial charge >= 0.3 is 5.97 Å². The topological polar surface area (TPSA) is 83.5 Å². The lowest BCUT2D eigenvalue weighted by Crippen LogP contribution is -2.25. The standard InChI is InChI=1S/C10H9ClFNO4S/c1-6(11)5-13-18(16,17)7-2-3-9(12)8(4-7)10(14)15/h2-4,13H,1,5H2,(H,14,15). The minimum atomic E-state index is -3.95. The molecule has 0 amide bonds. The summed E-state index contributed by atoms with van der Waals surface area (Å²) in [6, 6.07) is 2.46. The number of rotatable bonds is 5. The van der Waals surface area contributed by atoms with Gasteiger partial charge in [0.05, 0.1) is 10.5 Å². The van der Waals surface area contributed by atoms with Crippen LogP contribution in [0.5, 0.6) is 0 Å². The molecule has 0 saturated carbocycles. The van der Waals surface area contributed by atoms with Crippen molar-refractivity contribution in [3.63, 3.8) is 0 Å². The van der Waals surface area contributed by atoms with Gasteiger partial charge in [-0.25, -0.2) is 22.3 Å². The van der Waals surface area contributed by atoms with E-state index >= 15 is 0 Å². The van der Waals surface area contributed by atoms with E-state index in [-0.39, 0.29) is 16.5 Å². The Labute approximate surface area is 108 Å². The van der Waals surface area contributed by atoms with Gasteiger partial charge in [-0.3, -0.25) is 0 Å². The van der Waals surface area contributed by atoms with Crippen molar-refractivity contribution in [1.29, 1.82) is 0 Å². The maximum Gasteiger partial charge on any atom is 0.338 e. The zero-order valence-electron chi connectivity index (χ0n) is 8.98. The first kappa shape index (κ1) is 14.6. The van der Waals surface area contributed by atoms with E-state index in [4.69, 9.17) is 16.7 Å². The highest BCUT2D eigenvalue weighted by molar-refractivity contribution is 7.89. The summed E-state index contributed by atoms with van der Waals surface area (Å²) in [4.78, 5) is 10.3. The Morgan fingerprint density at radius 2 is 2.11 bits per heavy atom. The van der Waals surface area contributed by atoms with Crippen molar-refractivity contribution in [1.82, 2.24) is 4.72 Å². The van der Waals surface area contributed by atoms with Gasteiger partial charge in [-0.2, -0.15) is 0 Å². The number of nitrogens with one attached hydrogen (secondary N) is 1. The quantitative estimate of drug-likeness (QED) is 0.863. The van der Waals surface area contributed by atoms with Crippen molar-refractivity contribution in [3.8, 4) is 0 Å². The summed E-state index contributed by atoms with van der Waals surface area (Å²) in [5, 5.41) is 8.75. The second kappa shape index (κ2) is 5.47. The van der Waals surface area contributed by atoms with E-state index in [1.54, 1.807) is 0 Å². The molecule has 0 fully saturated rings. The summed E-state index contributed by atoms with van der Waals surface area (Å²) in [5.74, 6) is -2.56. The van der Waals surface area contributed by atoms with Gasteiger partial charge in [0.2, 0.25) is 10.0 Å². The van der Waals surface area contributed by atoms with Gasteiger partial charge in [-0.15, -0.1) is 0 Å². The van der Waals surface area contributed by atoms with Crippen LogP contribution in [0.3, 0.4) is 0 Å². The first-order valence-electron chi connectivity index (χ1n) is 4.60. The number of aromatic carboxylic acids is 1. The summed E-state index contributed by atoms with van der Waals surface area (Å²) in [6.45, 7) is 3.09. The van der Waals surface area contributed by atoms with Crippen LogP contribution in [-0.4, -0.2) is 26.0 Å². The van der Waals surface area contributed by atoms with Crippen LogP contribution in [-0.2, 0) is 10.0 Å².